The first-order valence-electron chi connectivity index (χ1n) is 3.65. The van der Waals surface area contributed by atoms with Crippen molar-refractivity contribution in [3.63, 3.8) is 0 Å². The van der Waals surface area contributed by atoms with Gasteiger partial charge in [-0.15, -0.1) is 5.46 Å². The zero-order valence-electron chi connectivity index (χ0n) is 7.89. The van der Waals surface area contributed by atoms with E-state index in [1.165, 1.54) is 13.0 Å². The van der Waals surface area contributed by atoms with Gasteiger partial charge in [-0.2, -0.15) is 5.26 Å². The van der Waals surface area contributed by atoms with Crippen molar-refractivity contribution >= 4 is 12.4 Å². The minimum atomic E-state index is -4.95. The molecule has 0 bridgehead atoms. The van der Waals surface area contributed by atoms with Crippen LogP contribution < -0.4 is 56.8 Å². The molecule has 0 aliphatic carbocycles. The van der Waals surface area contributed by atoms with Crippen LogP contribution in [0.2, 0.25) is 0 Å². The summed E-state index contributed by atoms with van der Waals surface area (Å²) in [5.41, 5.74) is -0.0144. The quantitative estimate of drug-likeness (QED) is 0.556. The van der Waals surface area contributed by atoms with Crippen molar-refractivity contribution in [2.45, 2.75) is 6.92 Å². The molecule has 1 rings (SSSR count). The topological polar surface area (TPSA) is 23.8 Å². The van der Waals surface area contributed by atoms with Crippen molar-refractivity contribution < 1.29 is 64.3 Å². The predicted molar refractivity (Wildman–Crippen MR) is 44.6 cm³/mol. The van der Waals surface area contributed by atoms with E-state index in [4.69, 9.17) is 5.26 Å². The third kappa shape index (κ3) is 3.41. The normalized spacial score (nSPS) is 10.2. The summed E-state index contributed by atoms with van der Waals surface area (Å²) in [6.45, 7) is -3.46. The SMILES string of the molecule is Cc1cc([B-](F)(F)F)ccc1C#N.[K+]. The molecule has 0 heterocycles. The molecule has 0 fully saturated rings. The van der Waals surface area contributed by atoms with Gasteiger partial charge >= 0.3 is 58.4 Å². The third-order valence-corrected chi connectivity index (χ3v) is 1.75. The Hall–Kier alpha value is 0.201. The molecular weight excluding hydrogens is 217 g/mol. The number of aryl methyl sites for hydroxylation is 1. The molecule has 0 spiro atoms. The van der Waals surface area contributed by atoms with Crippen molar-refractivity contribution in [2.24, 2.45) is 0 Å². The van der Waals surface area contributed by atoms with E-state index in [9.17, 15) is 12.9 Å². The van der Waals surface area contributed by atoms with Gasteiger partial charge < -0.3 is 12.9 Å². The summed E-state index contributed by atoms with van der Waals surface area (Å²) in [5.74, 6) is 0. The summed E-state index contributed by atoms with van der Waals surface area (Å²) in [6, 6.07) is 4.94. The molecule has 0 atom stereocenters. The Morgan fingerprint density at radius 3 is 2.21 bits per heavy atom. The van der Waals surface area contributed by atoms with Crippen LogP contribution in [-0.2, 0) is 0 Å². The number of nitriles is 1. The second kappa shape index (κ2) is 5.33. The van der Waals surface area contributed by atoms with E-state index in [2.05, 4.69) is 0 Å². The summed E-state index contributed by atoms with van der Waals surface area (Å²) in [7, 11) is 0. The largest absolute Gasteiger partial charge is 1.00 e. The molecular formula is C8H6BF3KN. The molecule has 0 aliphatic rings. The fraction of sp³-hybridized carbons (Fsp3) is 0.125. The molecule has 6 heteroatoms. The summed E-state index contributed by atoms with van der Waals surface area (Å²) in [5, 5.41) is 8.49. The Kier molecular flexibility index (Phi) is 5.41. The number of rotatable bonds is 1. The molecule has 0 unspecified atom stereocenters. The summed E-state index contributed by atoms with van der Waals surface area (Å²) >= 11 is 0. The smallest absolute Gasteiger partial charge is 0.445 e. The van der Waals surface area contributed by atoms with Gasteiger partial charge in [0.25, 0.3) is 0 Å². The van der Waals surface area contributed by atoms with Crippen LogP contribution in [0.15, 0.2) is 18.2 Å². The van der Waals surface area contributed by atoms with Crippen molar-refractivity contribution in [1.82, 2.24) is 0 Å². The van der Waals surface area contributed by atoms with Gasteiger partial charge in [0.1, 0.15) is 0 Å². The average Bonchev–Trinajstić information content (AvgIpc) is 2.02. The molecule has 1 aromatic rings. The van der Waals surface area contributed by atoms with Crippen LogP contribution in [0.4, 0.5) is 12.9 Å². The van der Waals surface area contributed by atoms with E-state index < -0.39 is 12.4 Å². The van der Waals surface area contributed by atoms with E-state index in [-0.39, 0.29) is 56.9 Å². The van der Waals surface area contributed by atoms with Crippen molar-refractivity contribution in [2.75, 3.05) is 0 Å². The number of benzene rings is 1. The van der Waals surface area contributed by atoms with Crippen molar-refractivity contribution in [3.05, 3.63) is 29.3 Å². The monoisotopic (exact) mass is 223 g/mol. The first-order valence-corrected chi connectivity index (χ1v) is 3.65. The minimum absolute atomic E-state index is 0. The second-order valence-corrected chi connectivity index (χ2v) is 2.76. The maximum Gasteiger partial charge on any atom is 1.00 e. The summed E-state index contributed by atoms with van der Waals surface area (Å²) < 4.78 is 36.5. The fourth-order valence-corrected chi connectivity index (χ4v) is 1.02. The van der Waals surface area contributed by atoms with Gasteiger partial charge in [-0.05, 0) is 18.6 Å². The zero-order chi connectivity index (χ0) is 10.1. The predicted octanol–water partition coefficient (Wildman–Crippen LogP) is -1.07. The molecule has 68 valence electrons. The molecule has 0 aromatic heterocycles. The molecule has 14 heavy (non-hydrogen) atoms. The van der Waals surface area contributed by atoms with Crippen LogP contribution in [-0.4, -0.2) is 6.98 Å². The first-order chi connectivity index (χ1) is 5.95. The molecule has 0 saturated heterocycles. The van der Waals surface area contributed by atoms with Crippen LogP contribution in [0.1, 0.15) is 11.1 Å². The Morgan fingerprint density at radius 2 is 1.86 bits per heavy atom. The van der Waals surface area contributed by atoms with E-state index in [1.54, 1.807) is 0 Å². The van der Waals surface area contributed by atoms with Crippen LogP contribution in [0, 0.1) is 18.3 Å². The van der Waals surface area contributed by atoms with Crippen LogP contribution >= 0.6 is 0 Å². The van der Waals surface area contributed by atoms with E-state index in [0.29, 0.717) is 5.56 Å². The van der Waals surface area contributed by atoms with E-state index in [0.717, 1.165) is 12.1 Å². The number of nitrogens with zero attached hydrogens (tertiary/aromatic N) is 1. The molecule has 0 saturated carbocycles. The third-order valence-electron chi connectivity index (χ3n) is 1.75. The number of halogens is 3. The van der Waals surface area contributed by atoms with E-state index >= 15 is 0 Å². The number of hydrogen-bond donors (Lipinski definition) is 0. The summed E-state index contributed by atoms with van der Waals surface area (Å²) in [4.78, 5) is 0. The fourth-order valence-electron chi connectivity index (χ4n) is 1.02. The van der Waals surface area contributed by atoms with Crippen LogP contribution in [0.3, 0.4) is 0 Å². The van der Waals surface area contributed by atoms with Gasteiger partial charge in [-0.25, -0.2) is 0 Å². The van der Waals surface area contributed by atoms with Gasteiger partial charge in [-0.1, -0.05) is 12.1 Å². The average molecular weight is 223 g/mol. The van der Waals surface area contributed by atoms with Crippen LogP contribution in [0.5, 0.6) is 0 Å². The molecule has 0 aliphatic heterocycles. The number of hydrogen-bond acceptors (Lipinski definition) is 1. The van der Waals surface area contributed by atoms with Crippen molar-refractivity contribution in [1.29, 1.82) is 5.26 Å². The maximum atomic E-state index is 12.2. The van der Waals surface area contributed by atoms with Gasteiger partial charge in [0.2, 0.25) is 0 Å². The molecule has 0 amide bonds. The summed E-state index contributed by atoms with van der Waals surface area (Å²) in [6.07, 6.45) is 0. The van der Waals surface area contributed by atoms with Gasteiger partial charge in [0.15, 0.2) is 0 Å². The Labute approximate surface area is 123 Å². The molecule has 0 radical (unpaired) electrons. The van der Waals surface area contributed by atoms with E-state index in [1.807, 2.05) is 6.07 Å². The Balaban J connectivity index is 0.00000169. The standard InChI is InChI=1S/C8H6BF3N.K/c1-6-4-8(9(10,11)12)3-2-7(6)5-13;/h2-4H,1H3;/q-1;+1. The zero-order valence-corrected chi connectivity index (χ0v) is 11.0. The second-order valence-electron chi connectivity index (χ2n) is 2.76. The Bertz CT molecular complexity index is 370. The van der Waals surface area contributed by atoms with Crippen LogP contribution in [0.25, 0.3) is 0 Å². The van der Waals surface area contributed by atoms with Crippen molar-refractivity contribution in [3.8, 4) is 6.07 Å². The maximum absolute atomic E-state index is 12.2. The van der Waals surface area contributed by atoms with Gasteiger partial charge in [0, 0.05) is 0 Å². The van der Waals surface area contributed by atoms with Gasteiger partial charge in [0.05, 0.1) is 11.6 Å². The molecule has 1 aromatic carbocycles. The Morgan fingerprint density at radius 1 is 1.29 bits per heavy atom. The first kappa shape index (κ1) is 14.2. The molecule has 1 nitrogen and oxygen atoms in total. The molecule has 0 N–H and O–H groups in total. The minimum Gasteiger partial charge on any atom is -0.445 e. The van der Waals surface area contributed by atoms with Gasteiger partial charge in [-0.3, -0.25) is 0 Å².